The minimum absolute atomic E-state index is 0.203. The second-order valence-corrected chi connectivity index (χ2v) is 13.3. The van der Waals surface area contributed by atoms with Crippen molar-refractivity contribution in [1.82, 2.24) is 20.9 Å². The zero-order chi connectivity index (χ0) is 33.3. The van der Waals surface area contributed by atoms with Crippen LogP contribution in [0.1, 0.15) is 99.2 Å². The van der Waals surface area contributed by atoms with Gasteiger partial charge in [0.05, 0.1) is 0 Å². The molecule has 4 N–H and O–H groups in total. The number of amides is 6. The number of carbonyl (C=O) groups is 5. The van der Waals surface area contributed by atoms with Crippen molar-refractivity contribution in [1.29, 1.82) is 0 Å². The molecule has 0 aliphatic carbocycles. The number of carbonyl (C=O) groups excluding carboxylic acids is 5. The van der Waals surface area contributed by atoms with Crippen LogP contribution in [0.15, 0.2) is 36.4 Å². The molecular weight excluding hydrogens is 610 g/mol. The molecule has 4 rings (SSSR count). The smallest absolute Gasteiger partial charge is 0.407 e. The monoisotopic (exact) mass is 653 g/mol. The number of urea groups is 1. The number of nitrogens with zero attached hydrogens (tertiary/aromatic N) is 1. The van der Waals surface area contributed by atoms with Gasteiger partial charge in [0.1, 0.15) is 11.6 Å². The van der Waals surface area contributed by atoms with E-state index in [9.17, 15) is 24.0 Å². The summed E-state index contributed by atoms with van der Waals surface area (Å²) in [4.78, 5) is 62.6. The van der Waals surface area contributed by atoms with E-state index in [2.05, 4.69) is 21.3 Å². The van der Waals surface area contributed by atoms with E-state index < -0.39 is 17.6 Å². The lowest BCUT2D eigenvalue weighted by Crippen LogP contribution is -2.52. The first kappa shape index (κ1) is 34.7. The quantitative estimate of drug-likeness (QED) is 0.158. The topological polar surface area (TPSA) is 146 Å². The number of ether oxygens (including phenoxy) is 1. The molecule has 0 aromatic heterocycles. The second-order valence-electron chi connectivity index (χ2n) is 12.8. The molecule has 0 spiro atoms. The predicted molar refractivity (Wildman–Crippen MR) is 175 cm³/mol. The van der Waals surface area contributed by atoms with E-state index >= 15 is 0 Å². The van der Waals surface area contributed by atoms with Crippen molar-refractivity contribution in [3.8, 4) is 0 Å². The molecule has 0 saturated carbocycles. The van der Waals surface area contributed by atoms with Gasteiger partial charge in [-0.3, -0.25) is 19.7 Å². The summed E-state index contributed by atoms with van der Waals surface area (Å²) in [5, 5.41) is 11.3. The van der Waals surface area contributed by atoms with Gasteiger partial charge in [0.2, 0.25) is 11.8 Å². The SMILES string of the molecule is CC(C)(C)OC(=O)NCCCCCCCCc1cc(Cl)cc(NC(=O)NCc2ccc3c(c2)CN(C2CCC(=O)NC2=O)C3=O)c1. The first-order valence-corrected chi connectivity index (χ1v) is 16.3. The van der Waals surface area contributed by atoms with Gasteiger partial charge in [-0.1, -0.05) is 49.4 Å². The zero-order valence-corrected chi connectivity index (χ0v) is 27.6. The molecule has 6 amide bonds. The van der Waals surface area contributed by atoms with Gasteiger partial charge in [0, 0.05) is 42.3 Å². The maximum absolute atomic E-state index is 12.9. The molecule has 1 atom stereocenters. The fraction of sp³-hybridized carbons (Fsp3) is 0.500. The van der Waals surface area contributed by atoms with Gasteiger partial charge in [0.15, 0.2) is 0 Å². The number of unbranched alkanes of at least 4 members (excludes halogenated alkanes) is 5. The summed E-state index contributed by atoms with van der Waals surface area (Å²) in [5.74, 6) is -1.00. The highest BCUT2D eigenvalue weighted by atomic mass is 35.5. The normalized spacial score (nSPS) is 16.1. The van der Waals surface area contributed by atoms with Crippen LogP contribution >= 0.6 is 11.6 Å². The van der Waals surface area contributed by atoms with E-state index in [0.717, 1.165) is 61.6 Å². The van der Waals surface area contributed by atoms with Crippen molar-refractivity contribution in [3.05, 3.63) is 63.7 Å². The molecular formula is C34H44ClN5O6. The van der Waals surface area contributed by atoms with Crippen molar-refractivity contribution in [2.75, 3.05) is 11.9 Å². The first-order valence-electron chi connectivity index (χ1n) is 16.0. The molecule has 2 aromatic rings. The van der Waals surface area contributed by atoms with Crippen LogP contribution in [0.25, 0.3) is 0 Å². The first-order chi connectivity index (χ1) is 21.9. The number of imide groups is 1. The Balaban J connectivity index is 1.15. The van der Waals surface area contributed by atoms with Crippen molar-refractivity contribution in [2.45, 2.75) is 103 Å². The lowest BCUT2D eigenvalue weighted by Gasteiger charge is -2.29. The van der Waals surface area contributed by atoms with E-state index in [1.54, 1.807) is 18.2 Å². The summed E-state index contributed by atoms with van der Waals surface area (Å²) in [6.07, 6.45) is 7.22. The van der Waals surface area contributed by atoms with E-state index in [-0.39, 0.29) is 43.4 Å². The Hall–Kier alpha value is -4.12. The molecule has 12 heteroatoms. The molecule has 1 saturated heterocycles. The van der Waals surface area contributed by atoms with Gasteiger partial charge >= 0.3 is 12.1 Å². The average Bonchev–Trinajstić information content (AvgIpc) is 3.29. The third-order valence-electron chi connectivity index (χ3n) is 7.82. The Morgan fingerprint density at radius 3 is 2.43 bits per heavy atom. The third kappa shape index (κ3) is 10.5. The average molecular weight is 654 g/mol. The molecule has 1 fully saturated rings. The van der Waals surface area contributed by atoms with Gasteiger partial charge in [-0.25, -0.2) is 9.59 Å². The molecule has 0 radical (unpaired) electrons. The van der Waals surface area contributed by atoms with Crippen LogP contribution in [0.5, 0.6) is 0 Å². The van der Waals surface area contributed by atoms with Gasteiger partial charge in [0.25, 0.3) is 5.91 Å². The van der Waals surface area contributed by atoms with Crippen LogP contribution in [0.2, 0.25) is 5.02 Å². The number of piperidine rings is 1. The van der Waals surface area contributed by atoms with Crippen LogP contribution in [0.4, 0.5) is 15.3 Å². The van der Waals surface area contributed by atoms with E-state index in [1.807, 2.05) is 39.0 Å². The minimum Gasteiger partial charge on any atom is -0.444 e. The number of rotatable bonds is 13. The lowest BCUT2D eigenvalue weighted by molar-refractivity contribution is -0.136. The molecule has 2 aliphatic rings. The number of hydrogen-bond donors (Lipinski definition) is 4. The molecule has 1 unspecified atom stereocenters. The number of benzene rings is 2. The van der Waals surface area contributed by atoms with E-state index in [0.29, 0.717) is 29.2 Å². The Morgan fingerprint density at radius 2 is 1.70 bits per heavy atom. The van der Waals surface area contributed by atoms with E-state index in [4.69, 9.17) is 16.3 Å². The summed E-state index contributed by atoms with van der Waals surface area (Å²) in [7, 11) is 0. The van der Waals surface area contributed by atoms with Gasteiger partial charge < -0.3 is 25.6 Å². The number of fused-ring (bicyclic) bond motifs is 1. The summed E-state index contributed by atoms with van der Waals surface area (Å²) in [5.41, 5.74) is 3.29. The Bertz CT molecular complexity index is 1460. The number of anilines is 1. The highest BCUT2D eigenvalue weighted by molar-refractivity contribution is 6.31. The maximum atomic E-state index is 12.9. The number of hydrogen-bond acceptors (Lipinski definition) is 6. The largest absolute Gasteiger partial charge is 0.444 e. The summed E-state index contributed by atoms with van der Waals surface area (Å²) >= 11 is 6.34. The molecule has 0 bridgehead atoms. The highest BCUT2D eigenvalue weighted by Gasteiger charge is 2.39. The van der Waals surface area contributed by atoms with Crippen LogP contribution < -0.4 is 21.3 Å². The fourth-order valence-electron chi connectivity index (χ4n) is 5.63. The van der Waals surface area contributed by atoms with Crippen molar-refractivity contribution in [3.63, 3.8) is 0 Å². The lowest BCUT2D eigenvalue weighted by atomic mass is 10.0. The second kappa shape index (κ2) is 15.9. The molecule has 2 heterocycles. The van der Waals surface area contributed by atoms with E-state index in [1.165, 1.54) is 4.90 Å². The van der Waals surface area contributed by atoms with Crippen LogP contribution in [0.3, 0.4) is 0 Å². The van der Waals surface area contributed by atoms with Crippen molar-refractivity contribution >= 4 is 47.1 Å². The molecule has 46 heavy (non-hydrogen) atoms. The Labute approximate surface area is 275 Å². The maximum Gasteiger partial charge on any atom is 0.407 e. The van der Waals surface area contributed by atoms with Crippen LogP contribution in [-0.2, 0) is 33.8 Å². The summed E-state index contributed by atoms with van der Waals surface area (Å²) < 4.78 is 5.23. The summed E-state index contributed by atoms with van der Waals surface area (Å²) in [6, 6.07) is 9.86. The molecule has 248 valence electrons. The Morgan fingerprint density at radius 1 is 0.957 bits per heavy atom. The number of halogens is 1. The number of aryl methyl sites for hydroxylation is 1. The van der Waals surface area contributed by atoms with Crippen LogP contribution in [0, 0.1) is 0 Å². The third-order valence-corrected chi connectivity index (χ3v) is 8.04. The Kier molecular flexibility index (Phi) is 12.0. The van der Waals surface area contributed by atoms with Gasteiger partial charge in [-0.05, 0) is 87.4 Å². The number of alkyl carbamates (subject to hydrolysis) is 1. The highest BCUT2D eigenvalue weighted by Crippen LogP contribution is 2.28. The zero-order valence-electron chi connectivity index (χ0n) is 26.8. The molecule has 2 aromatic carbocycles. The number of nitrogens with one attached hydrogen (secondary N) is 4. The van der Waals surface area contributed by atoms with Gasteiger partial charge in [-0.2, -0.15) is 0 Å². The van der Waals surface area contributed by atoms with Crippen LogP contribution in [-0.4, -0.2) is 52.9 Å². The molecule has 11 nitrogen and oxygen atoms in total. The van der Waals surface area contributed by atoms with Crippen molar-refractivity contribution in [2.24, 2.45) is 0 Å². The van der Waals surface area contributed by atoms with Gasteiger partial charge in [-0.15, -0.1) is 0 Å². The minimum atomic E-state index is -0.668. The van der Waals surface area contributed by atoms with Crippen molar-refractivity contribution < 1.29 is 28.7 Å². The molecule has 2 aliphatic heterocycles. The standard InChI is InChI=1S/C34H44ClN5O6/c1-34(2,3)46-33(45)36-15-9-7-5-4-6-8-10-22-17-25(35)19-26(18-22)38-32(44)37-20-23-11-12-27-24(16-23)21-40(31(27)43)28-13-14-29(41)39-30(28)42/h11-12,16-19,28H,4-10,13-15,20-21H2,1-3H3,(H,36,45)(H2,37,38,44)(H,39,41,42). The fourth-order valence-corrected chi connectivity index (χ4v) is 5.89. The predicted octanol–water partition coefficient (Wildman–Crippen LogP) is 5.83. The summed E-state index contributed by atoms with van der Waals surface area (Å²) in [6.45, 7) is 6.67.